The first-order chi connectivity index (χ1) is 8.27. The van der Waals surface area contributed by atoms with Crippen molar-refractivity contribution in [2.75, 3.05) is 24.6 Å². The summed E-state index contributed by atoms with van der Waals surface area (Å²) in [6.45, 7) is 1.73. The Morgan fingerprint density at radius 3 is 2.59 bits per heavy atom. The van der Waals surface area contributed by atoms with Crippen LogP contribution in [0.3, 0.4) is 0 Å². The van der Waals surface area contributed by atoms with Crippen molar-refractivity contribution in [3.63, 3.8) is 0 Å². The fourth-order valence-electron chi connectivity index (χ4n) is 1.95. The van der Waals surface area contributed by atoms with Gasteiger partial charge in [0.05, 0.1) is 0 Å². The van der Waals surface area contributed by atoms with Gasteiger partial charge in [-0.2, -0.15) is 11.8 Å². The van der Waals surface area contributed by atoms with E-state index in [-0.39, 0.29) is 11.9 Å². The zero-order valence-electron chi connectivity index (χ0n) is 9.84. The van der Waals surface area contributed by atoms with Crippen molar-refractivity contribution in [2.45, 2.75) is 12.5 Å². The molecule has 0 bridgehead atoms. The fourth-order valence-corrected chi connectivity index (χ4v) is 2.85. The first-order valence-corrected chi connectivity index (χ1v) is 7.09. The highest BCUT2D eigenvalue weighted by atomic mass is 32.2. The number of amides is 1. The van der Waals surface area contributed by atoms with Crippen LogP contribution in [-0.2, 0) is 4.79 Å². The lowest BCUT2D eigenvalue weighted by molar-refractivity contribution is -0.131. The van der Waals surface area contributed by atoms with Gasteiger partial charge in [-0.3, -0.25) is 4.79 Å². The molecule has 92 valence electrons. The molecular weight excluding hydrogens is 232 g/mol. The lowest BCUT2D eigenvalue weighted by Crippen LogP contribution is -2.39. The predicted octanol–water partition coefficient (Wildman–Crippen LogP) is 1.65. The maximum Gasteiger partial charge on any atom is 0.224 e. The minimum Gasteiger partial charge on any atom is -0.341 e. The number of nitrogens with two attached hydrogens (primary N) is 1. The molecule has 4 heteroatoms. The van der Waals surface area contributed by atoms with Crippen molar-refractivity contribution in [2.24, 2.45) is 5.73 Å². The minimum absolute atomic E-state index is 0.182. The van der Waals surface area contributed by atoms with Crippen molar-refractivity contribution in [3.05, 3.63) is 35.9 Å². The van der Waals surface area contributed by atoms with Crippen LogP contribution in [-0.4, -0.2) is 35.4 Å². The highest BCUT2D eigenvalue weighted by Crippen LogP contribution is 2.16. The second-order valence-corrected chi connectivity index (χ2v) is 5.44. The van der Waals surface area contributed by atoms with Crippen LogP contribution in [0.25, 0.3) is 0 Å². The third-order valence-corrected chi connectivity index (χ3v) is 3.93. The topological polar surface area (TPSA) is 46.3 Å². The molecule has 1 aromatic carbocycles. The normalized spacial score (nSPS) is 17.8. The van der Waals surface area contributed by atoms with Gasteiger partial charge in [0.15, 0.2) is 0 Å². The summed E-state index contributed by atoms with van der Waals surface area (Å²) in [5.74, 6) is 2.28. The van der Waals surface area contributed by atoms with E-state index in [0.29, 0.717) is 6.42 Å². The Morgan fingerprint density at radius 2 is 1.94 bits per heavy atom. The summed E-state index contributed by atoms with van der Waals surface area (Å²) in [7, 11) is 0. The molecule has 0 radical (unpaired) electrons. The summed E-state index contributed by atoms with van der Waals surface area (Å²) in [6.07, 6.45) is 0.411. The summed E-state index contributed by atoms with van der Waals surface area (Å²) < 4.78 is 0. The average Bonchev–Trinajstić information content (AvgIpc) is 2.40. The third-order valence-electron chi connectivity index (χ3n) is 2.99. The highest BCUT2D eigenvalue weighted by Gasteiger charge is 2.19. The van der Waals surface area contributed by atoms with Crippen molar-refractivity contribution in [1.82, 2.24) is 4.90 Å². The van der Waals surface area contributed by atoms with E-state index in [0.717, 1.165) is 30.2 Å². The lowest BCUT2D eigenvalue weighted by Gasteiger charge is -2.27. The van der Waals surface area contributed by atoms with Crippen LogP contribution in [0.15, 0.2) is 30.3 Å². The first-order valence-electron chi connectivity index (χ1n) is 5.93. The number of nitrogens with zero attached hydrogens (tertiary/aromatic N) is 1. The molecule has 0 saturated carbocycles. The van der Waals surface area contributed by atoms with E-state index in [9.17, 15) is 4.79 Å². The van der Waals surface area contributed by atoms with E-state index < -0.39 is 0 Å². The van der Waals surface area contributed by atoms with E-state index in [2.05, 4.69) is 0 Å². The van der Waals surface area contributed by atoms with E-state index in [1.807, 2.05) is 47.0 Å². The van der Waals surface area contributed by atoms with Crippen molar-refractivity contribution in [1.29, 1.82) is 0 Å². The second-order valence-electron chi connectivity index (χ2n) is 4.21. The standard InChI is InChI=1S/C13H18N2OS/c14-12(11-4-2-1-3-5-11)10-13(16)15-6-8-17-9-7-15/h1-5,12H,6-10,14H2. The number of rotatable bonds is 3. The minimum atomic E-state index is -0.182. The Hall–Kier alpha value is -1.00. The number of hydrogen-bond donors (Lipinski definition) is 1. The van der Waals surface area contributed by atoms with E-state index in [1.165, 1.54) is 0 Å². The average molecular weight is 250 g/mol. The molecule has 2 N–H and O–H groups in total. The van der Waals surface area contributed by atoms with Gasteiger partial charge in [0.2, 0.25) is 5.91 Å². The number of carbonyl (C=O) groups excluding carboxylic acids is 1. The Balaban J connectivity index is 1.89. The quantitative estimate of drug-likeness (QED) is 0.887. The predicted molar refractivity (Wildman–Crippen MR) is 71.9 cm³/mol. The molecule has 1 aliphatic heterocycles. The lowest BCUT2D eigenvalue weighted by atomic mass is 10.0. The van der Waals surface area contributed by atoms with Gasteiger partial charge >= 0.3 is 0 Å². The Bertz CT molecular complexity index is 363. The maximum absolute atomic E-state index is 12.0. The molecule has 1 fully saturated rings. The summed E-state index contributed by atoms with van der Waals surface area (Å²) in [4.78, 5) is 13.9. The third kappa shape index (κ3) is 3.48. The van der Waals surface area contributed by atoms with Crippen LogP contribution in [0.4, 0.5) is 0 Å². The molecule has 0 aliphatic carbocycles. The Kier molecular flexibility index (Phi) is 4.45. The Morgan fingerprint density at radius 1 is 1.29 bits per heavy atom. The van der Waals surface area contributed by atoms with Crippen LogP contribution in [0.5, 0.6) is 0 Å². The SMILES string of the molecule is NC(CC(=O)N1CCSCC1)c1ccccc1. The van der Waals surface area contributed by atoms with E-state index in [4.69, 9.17) is 5.73 Å². The molecule has 1 aromatic rings. The van der Waals surface area contributed by atoms with Gasteiger partial charge < -0.3 is 10.6 Å². The van der Waals surface area contributed by atoms with Gasteiger partial charge in [-0.05, 0) is 5.56 Å². The van der Waals surface area contributed by atoms with Gasteiger partial charge in [-0.15, -0.1) is 0 Å². The molecular formula is C13H18N2OS. The van der Waals surface area contributed by atoms with E-state index >= 15 is 0 Å². The Labute approximate surface area is 106 Å². The number of benzene rings is 1. The van der Waals surface area contributed by atoms with Gasteiger partial charge in [-0.1, -0.05) is 30.3 Å². The highest BCUT2D eigenvalue weighted by molar-refractivity contribution is 7.99. The monoisotopic (exact) mass is 250 g/mol. The van der Waals surface area contributed by atoms with E-state index in [1.54, 1.807) is 0 Å². The van der Waals surface area contributed by atoms with Crippen LogP contribution in [0.2, 0.25) is 0 Å². The maximum atomic E-state index is 12.0. The zero-order chi connectivity index (χ0) is 12.1. The first kappa shape index (κ1) is 12.5. The second kappa shape index (κ2) is 6.07. The molecule has 1 amide bonds. The molecule has 0 spiro atoms. The van der Waals surface area contributed by atoms with Gasteiger partial charge in [0.1, 0.15) is 0 Å². The number of hydrogen-bond acceptors (Lipinski definition) is 3. The molecule has 0 aromatic heterocycles. The van der Waals surface area contributed by atoms with Gasteiger partial charge in [0.25, 0.3) is 0 Å². The number of carbonyl (C=O) groups is 1. The van der Waals surface area contributed by atoms with Crippen LogP contribution < -0.4 is 5.73 Å². The summed E-state index contributed by atoms with van der Waals surface area (Å²) >= 11 is 1.91. The molecule has 2 rings (SSSR count). The summed E-state index contributed by atoms with van der Waals surface area (Å²) in [6, 6.07) is 9.64. The summed E-state index contributed by atoms with van der Waals surface area (Å²) in [5, 5.41) is 0. The molecule has 1 aliphatic rings. The number of thioether (sulfide) groups is 1. The largest absolute Gasteiger partial charge is 0.341 e. The molecule has 1 atom stereocenters. The molecule has 17 heavy (non-hydrogen) atoms. The van der Waals surface area contributed by atoms with Crippen LogP contribution >= 0.6 is 11.8 Å². The van der Waals surface area contributed by atoms with Crippen molar-refractivity contribution < 1.29 is 4.79 Å². The van der Waals surface area contributed by atoms with Crippen LogP contribution in [0.1, 0.15) is 18.0 Å². The van der Waals surface area contributed by atoms with Crippen LogP contribution in [0, 0.1) is 0 Å². The molecule has 1 unspecified atom stereocenters. The smallest absolute Gasteiger partial charge is 0.224 e. The molecule has 3 nitrogen and oxygen atoms in total. The zero-order valence-corrected chi connectivity index (χ0v) is 10.7. The molecule has 1 heterocycles. The van der Waals surface area contributed by atoms with Crippen molar-refractivity contribution in [3.8, 4) is 0 Å². The van der Waals surface area contributed by atoms with Gasteiger partial charge in [0, 0.05) is 37.1 Å². The van der Waals surface area contributed by atoms with Crippen molar-refractivity contribution >= 4 is 17.7 Å². The fraction of sp³-hybridized carbons (Fsp3) is 0.462. The molecule has 1 saturated heterocycles. The van der Waals surface area contributed by atoms with Gasteiger partial charge in [-0.25, -0.2) is 0 Å². The summed E-state index contributed by atoms with van der Waals surface area (Å²) in [5.41, 5.74) is 7.08.